The van der Waals surface area contributed by atoms with Crippen LogP contribution >= 0.6 is 0 Å². The molecule has 0 spiro atoms. The molecule has 112 valence electrons. The standard InChI is InChI=1S/C14H18F3NO2/c1-13(2)7-11(18-3)10-5-4-9(6-12(10)20-13)19-8-14(15,16)17/h4-6,11,18H,7-8H2,1-3H3. The first-order chi connectivity index (χ1) is 9.20. The highest BCUT2D eigenvalue weighted by Gasteiger charge is 2.33. The molecule has 0 saturated heterocycles. The Morgan fingerprint density at radius 3 is 2.70 bits per heavy atom. The maximum Gasteiger partial charge on any atom is 0.422 e. The van der Waals surface area contributed by atoms with Crippen molar-refractivity contribution in [1.29, 1.82) is 0 Å². The van der Waals surface area contributed by atoms with Gasteiger partial charge in [-0.3, -0.25) is 0 Å². The van der Waals surface area contributed by atoms with E-state index in [4.69, 9.17) is 9.47 Å². The number of fused-ring (bicyclic) bond motifs is 1. The van der Waals surface area contributed by atoms with Crippen LogP contribution in [-0.2, 0) is 0 Å². The summed E-state index contributed by atoms with van der Waals surface area (Å²) in [5.74, 6) is 0.730. The molecule has 1 aliphatic heterocycles. The monoisotopic (exact) mass is 289 g/mol. The third kappa shape index (κ3) is 3.56. The molecule has 0 bridgehead atoms. The van der Waals surface area contributed by atoms with Crippen LogP contribution in [0.1, 0.15) is 31.9 Å². The summed E-state index contributed by atoms with van der Waals surface area (Å²) in [5.41, 5.74) is 0.565. The van der Waals surface area contributed by atoms with Gasteiger partial charge in [0.2, 0.25) is 0 Å². The molecule has 1 atom stereocenters. The predicted molar refractivity (Wildman–Crippen MR) is 69.1 cm³/mol. The van der Waals surface area contributed by atoms with Gasteiger partial charge >= 0.3 is 6.18 Å². The molecular formula is C14H18F3NO2. The number of nitrogens with one attached hydrogen (secondary N) is 1. The van der Waals surface area contributed by atoms with Crippen molar-refractivity contribution in [2.45, 2.75) is 38.1 Å². The van der Waals surface area contributed by atoms with Crippen LogP contribution in [0.15, 0.2) is 18.2 Å². The third-order valence-corrected chi connectivity index (χ3v) is 3.19. The fraction of sp³-hybridized carbons (Fsp3) is 0.571. The van der Waals surface area contributed by atoms with Crippen molar-refractivity contribution in [3.05, 3.63) is 23.8 Å². The Morgan fingerprint density at radius 2 is 2.10 bits per heavy atom. The molecule has 1 N–H and O–H groups in total. The minimum Gasteiger partial charge on any atom is -0.487 e. The number of hydrogen-bond donors (Lipinski definition) is 1. The van der Waals surface area contributed by atoms with Gasteiger partial charge in [0, 0.05) is 24.1 Å². The molecule has 0 fully saturated rings. The van der Waals surface area contributed by atoms with Gasteiger partial charge < -0.3 is 14.8 Å². The van der Waals surface area contributed by atoms with Crippen molar-refractivity contribution < 1.29 is 22.6 Å². The van der Waals surface area contributed by atoms with E-state index >= 15 is 0 Å². The molecule has 2 rings (SSSR count). The van der Waals surface area contributed by atoms with Crippen molar-refractivity contribution in [2.75, 3.05) is 13.7 Å². The molecule has 0 radical (unpaired) electrons. The second-order valence-corrected chi connectivity index (χ2v) is 5.51. The Bertz CT molecular complexity index is 486. The van der Waals surface area contributed by atoms with Crippen LogP contribution in [0.2, 0.25) is 0 Å². The molecule has 1 aromatic carbocycles. The van der Waals surface area contributed by atoms with E-state index in [1.165, 1.54) is 12.1 Å². The van der Waals surface area contributed by atoms with E-state index in [-0.39, 0.29) is 17.4 Å². The molecule has 1 aromatic rings. The topological polar surface area (TPSA) is 30.5 Å². The summed E-state index contributed by atoms with van der Waals surface area (Å²) in [7, 11) is 1.85. The van der Waals surface area contributed by atoms with Gasteiger partial charge in [-0.1, -0.05) is 6.07 Å². The summed E-state index contributed by atoms with van der Waals surface area (Å²) in [6.07, 6.45) is -3.55. The molecule has 1 heterocycles. The second-order valence-electron chi connectivity index (χ2n) is 5.51. The van der Waals surface area contributed by atoms with Crippen LogP contribution in [0.25, 0.3) is 0 Å². The Balaban J connectivity index is 2.22. The molecule has 20 heavy (non-hydrogen) atoms. The lowest BCUT2D eigenvalue weighted by Crippen LogP contribution is -2.38. The number of benzene rings is 1. The summed E-state index contributed by atoms with van der Waals surface area (Å²) in [6.45, 7) is 2.59. The lowest BCUT2D eigenvalue weighted by molar-refractivity contribution is -0.153. The molecule has 0 aliphatic carbocycles. The maximum absolute atomic E-state index is 12.2. The zero-order valence-electron chi connectivity index (χ0n) is 11.7. The lowest BCUT2D eigenvalue weighted by atomic mass is 9.90. The van der Waals surface area contributed by atoms with E-state index in [1.807, 2.05) is 20.9 Å². The van der Waals surface area contributed by atoms with E-state index in [2.05, 4.69) is 5.32 Å². The Labute approximate surface area is 116 Å². The van der Waals surface area contributed by atoms with Gasteiger partial charge in [0.15, 0.2) is 6.61 Å². The highest BCUT2D eigenvalue weighted by molar-refractivity contribution is 5.44. The zero-order valence-corrected chi connectivity index (χ0v) is 11.7. The first-order valence-corrected chi connectivity index (χ1v) is 6.40. The normalized spacial score (nSPS) is 21.0. The van der Waals surface area contributed by atoms with E-state index in [9.17, 15) is 13.2 Å². The summed E-state index contributed by atoms with van der Waals surface area (Å²) in [6, 6.07) is 4.92. The van der Waals surface area contributed by atoms with Gasteiger partial charge in [0.1, 0.15) is 17.1 Å². The third-order valence-electron chi connectivity index (χ3n) is 3.19. The number of alkyl halides is 3. The zero-order chi connectivity index (χ0) is 15.0. The van der Waals surface area contributed by atoms with Gasteiger partial charge in [-0.15, -0.1) is 0 Å². The molecule has 6 heteroatoms. The van der Waals surface area contributed by atoms with E-state index in [0.717, 1.165) is 12.0 Å². The van der Waals surface area contributed by atoms with Crippen molar-refractivity contribution in [1.82, 2.24) is 5.32 Å². The van der Waals surface area contributed by atoms with Gasteiger partial charge in [-0.2, -0.15) is 13.2 Å². The average molecular weight is 289 g/mol. The Kier molecular flexibility index (Phi) is 3.86. The van der Waals surface area contributed by atoms with Gasteiger partial charge in [0.25, 0.3) is 0 Å². The smallest absolute Gasteiger partial charge is 0.422 e. The minimum absolute atomic E-state index is 0.116. The highest BCUT2D eigenvalue weighted by Crippen LogP contribution is 2.41. The number of halogens is 3. The molecular weight excluding hydrogens is 271 g/mol. The van der Waals surface area contributed by atoms with Gasteiger partial charge in [-0.05, 0) is 27.0 Å². The Hall–Kier alpha value is -1.43. The van der Waals surface area contributed by atoms with Crippen LogP contribution in [0.3, 0.4) is 0 Å². The molecule has 3 nitrogen and oxygen atoms in total. The highest BCUT2D eigenvalue weighted by atomic mass is 19.4. The van der Waals surface area contributed by atoms with Crippen LogP contribution in [0, 0.1) is 0 Å². The largest absolute Gasteiger partial charge is 0.487 e. The fourth-order valence-corrected chi connectivity index (χ4v) is 2.34. The summed E-state index contributed by atoms with van der Waals surface area (Å²) >= 11 is 0. The first kappa shape index (κ1) is 15.0. The van der Waals surface area contributed by atoms with Gasteiger partial charge in [0.05, 0.1) is 0 Å². The van der Waals surface area contributed by atoms with Crippen LogP contribution in [0.5, 0.6) is 11.5 Å². The van der Waals surface area contributed by atoms with E-state index in [0.29, 0.717) is 5.75 Å². The molecule has 0 aromatic heterocycles. The number of rotatable bonds is 3. The van der Waals surface area contributed by atoms with Crippen molar-refractivity contribution in [2.24, 2.45) is 0 Å². The van der Waals surface area contributed by atoms with Crippen molar-refractivity contribution in [3.63, 3.8) is 0 Å². The van der Waals surface area contributed by atoms with Crippen LogP contribution in [-0.4, -0.2) is 25.4 Å². The number of hydrogen-bond acceptors (Lipinski definition) is 3. The maximum atomic E-state index is 12.2. The SMILES string of the molecule is CNC1CC(C)(C)Oc2cc(OCC(F)(F)F)ccc21. The first-order valence-electron chi connectivity index (χ1n) is 6.40. The predicted octanol–water partition coefficient (Wildman–Crippen LogP) is 3.45. The summed E-state index contributed by atoms with van der Waals surface area (Å²) < 4.78 is 47.0. The van der Waals surface area contributed by atoms with Crippen LogP contribution < -0.4 is 14.8 Å². The quantitative estimate of drug-likeness (QED) is 0.924. The summed E-state index contributed by atoms with van der Waals surface area (Å²) in [5, 5.41) is 3.19. The van der Waals surface area contributed by atoms with Gasteiger partial charge in [-0.25, -0.2) is 0 Å². The molecule has 0 amide bonds. The van der Waals surface area contributed by atoms with E-state index in [1.54, 1.807) is 6.07 Å². The number of ether oxygens (including phenoxy) is 2. The van der Waals surface area contributed by atoms with Crippen molar-refractivity contribution in [3.8, 4) is 11.5 Å². The minimum atomic E-state index is -4.34. The van der Waals surface area contributed by atoms with Crippen molar-refractivity contribution >= 4 is 0 Å². The second kappa shape index (κ2) is 5.16. The lowest BCUT2D eigenvalue weighted by Gasteiger charge is -2.37. The molecule has 0 saturated carbocycles. The Morgan fingerprint density at radius 1 is 1.40 bits per heavy atom. The molecule has 1 aliphatic rings. The average Bonchev–Trinajstić information content (AvgIpc) is 2.32. The van der Waals surface area contributed by atoms with Crippen LogP contribution in [0.4, 0.5) is 13.2 Å². The van der Waals surface area contributed by atoms with E-state index < -0.39 is 12.8 Å². The molecule has 1 unspecified atom stereocenters. The summed E-state index contributed by atoms with van der Waals surface area (Å²) in [4.78, 5) is 0. The fourth-order valence-electron chi connectivity index (χ4n) is 2.34.